The number of sulfonamides is 1. The van der Waals surface area contributed by atoms with Gasteiger partial charge >= 0.3 is 0 Å². The van der Waals surface area contributed by atoms with Gasteiger partial charge in [0.1, 0.15) is 12.1 Å². The van der Waals surface area contributed by atoms with Gasteiger partial charge in [0.05, 0.1) is 16.7 Å². The Hall–Kier alpha value is -3.16. The highest BCUT2D eigenvalue weighted by Gasteiger charge is 2.33. The molecule has 10 heteroatoms. The summed E-state index contributed by atoms with van der Waals surface area (Å²) < 4.78 is 32.0. The predicted octanol–water partition coefficient (Wildman–Crippen LogP) is 0.803. The Bertz CT molecular complexity index is 1030. The molecule has 9 nitrogen and oxygen atoms in total. The van der Waals surface area contributed by atoms with Crippen LogP contribution < -0.4 is 5.32 Å². The van der Waals surface area contributed by atoms with Crippen molar-refractivity contribution in [1.29, 1.82) is 5.26 Å². The van der Waals surface area contributed by atoms with Crippen LogP contribution >= 0.6 is 0 Å². The zero-order valence-electron chi connectivity index (χ0n) is 15.7. The van der Waals surface area contributed by atoms with Crippen molar-refractivity contribution in [3.63, 3.8) is 0 Å². The van der Waals surface area contributed by atoms with Crippen molar-refractivity contribution in [2.45, 2.75) is 17.9 Å². The molecule has 2 heterocycles. The number of furan rings is 1. The summed E-state index contributed by atoms with van der Waals surface area (Å²) >= 11 is 0. The minimum atomic E-state index is -3.83. The van der Waals surface area contributed by atoms with E-state index in [1.165, 1.54) is 33.7 Å². The fourth-order valence-electron chi connectivity index (χ4n) is 3.08. The fourth-order valence-corrected chi connectivity index (χ4v) is 4.65. The first-order chi connectivity index (χ1) is 13.8. The smallest absolute Gasteiger partial charge is 0.287 e. The summed E-state index contributed by atoms with van der Waals surface area (Å²) in [5, 5.41) is 11.7. The molecule has 0 bridgehead atoms. The van der Waals surface area contributed by atoms with E-state index < -0.39 is 22.0 Å². The third-order valence-corrected chi connectivity index (χ3v) is 6.60. The molecule has 1 atom stereocenters. The van der Waals surface area contributed by atoms with Crippen molar-refractivity contribution in [2.75, 3.05) is 26.2 Å². The van der Waals surface area contributed by atoms with Gasteiger partial charge in [0, 0.05) is 26.2 Å². The first-order valence-electron chi connectivity index (χ1n) is 8.97. The normalized spacial score (nSPS) is 16.1. The minimum absolute atomic E-state index is 0.0404. The average Bonchev–Trinajstić information content (AvgIpc) is 3.28. The van der Waals surface area contributed by atoms with Gasteiger partial charge in [0.2, 0.25) is 15.9 Å². The van der Waals surface area contributed by atoms with Crippen LogP contribution in [0.2, 0.25) is 0 Å². The molecule has 1 aliphatic heterocycles. The van der Waals surface area contributed by atoms with Crippen molar-refractivity contribution in [3.05, 3.63) is 54.0 Å². The summed E-state index contributed by atoms with van der Waals surface area (Å²) in [6.07, 6.45) is 1.37. The molecule has 1 aliphatic rings. The lowest BCUT2D eigenvalue weighted by atomic mass is 10.2. The van der Waals surface area contributed by atoms with Gasteiger partial charge in [-0.1, -0.05) is 12.1 Å². The van der Waals surface area contributed by atoms with Gasteiger partial charge in [-0.05, 0) is 31.2 Å². The number of carbonyl (C=O) groups excluding carboxylic acids is 2. The summed E-state index contributed by atoms with van der Waals surface area (Å²) in [6.45, 7) is 2.15. The van der Waals surface area contributed by atoms with E-state index >= 15 is 0 Å². The van der Waals surface area contributed by atoms with Crippen LogP contribution in [0.5, 0.6) is 0 Å². The standard InChI is InChI=1S/C19H20N4O5S/c1-14(21-18(24)16-6-4-12-28-16)19(25)22-8-10-23(11-9-22)29(26,27)17-7-3-2-5-15(17)13-20/h2-7,12,14H,8-11H2,1H3,(H,21,24)/t14-/m0/s1. The van der Waals surface area contributed by atoms with Crippen molar-refractivity contribution in [2.24, 2.45) is 0 Å². The van der Waals surface area contributed by atoms with Gasteiger partial charge in [0.25, 0.3) is 5.91 Å². The van der Waals surface area contributed by atoms with Crippen LogP contribution in [0.1, 0.15) is 23.0 Å². The van der Waals surface area contributed by atoms with Gasteiger partial charge < -0.3 is 14.6 Å². The van der Waals surface area contributed by atoms with Gasteiger partial charge in [0.15, 0.2) is 5.76 Å². The number of carbonyl (C=O) groups is 2. The van der Waals surface area contributed by atoms with E-state index in [9.17, 15) is 18.0 Å². The van der Waals surface area contributed by atoms with Crippen LogP contribution in [0.4, 0.5) is 0 Å². The molecule has 0 radical (unpaired) electrons. The third kappa shape index (κ3) is 4.31. The lowest BCUT2D eigenvalue weighted by Crippen LogP contribution is -2.55. The van der Waals surface area contributed by atoms with Gasteiger partial charge in [-0.15, -0.1) is 0 Å². The maximum absolute atomic E-state index is 12.9. The first kappa shape index (κ1) is 20.6. The van der Waals surface area contributed by atoms with E-state index in [2.05, 4.69) is 5.32 Å². The van der Waals surface area contributed by atoms with Crippen LogP contribution in [-0.4, -0.2) is 61.7 Å². The maximum atomic E-state index is 12.9. The number of benzene rings is 1. The van der Waals surface area contributed by atoms with E-state index in [-0.39, 0.29) is 48.3 Å². The Labute approximate surface area is 168 Å². The highest BCUT2D eigenvalue weighted by Crippen LogP contribution is 2.21. The Balaban J connectivity index is 1.62. The number of hydrogen-bond donors (Lipinski definition) is 1. The highest BCUT2D eigenvalue weighted by molar-refractivity contribution is 7.89. The number of amides is 2. The summed E-state index contributed by atoms with van der Waals surface area (Å²) in [4.78, 5) is 26.1. The lowest BCUT2D eigenvalue weighted by molar-refractivity contribution is -0.134. The van der Waals surface area contributed by atoms with Crippen LogP contribution in [-0.2, 0) is 14.8 Å². The molecule has 2 aromatic rings. The zero-order chi connectivity index (χ0) is 21.0. The van der Waals surface area contributed by atoms with Crippen LogP contribution in [0.15, 0.2) is 52.0 Å². The first-order valence-corrected chi connectivity index (χ1v) is 10.4. The van der Waals surface area contributed by atoms with Crippen molar-refractivity contribution < 1.29 is 22.4 Å². The highest BCUT2D eigenvalue weighted by atomic mass is 32.2. The van der Waals surface area contributed by atoms with Crippen molar-refractivity contribution in [3.8, 4) is 6.07 Å². The molecule has 0 spiro atoms. The third-order valence-electron chi connectivity index (χ3n) is 4.64. The molecule has 1 saturated heterocycles. The largest absolute Gasteiger partial charge is 0.459 e. The second kappa shape index (κ2) is 8.46. The molecule has 3 rings (SSSR count). The Morgan fingerprint density at radius 2 is 1.83 bits per heavy atom. The molecule has 152 valence electrons. The fraction of sp³-hybridized carbons (Fsp3) is 0.316. The molecule has 1 aromatic heterocycles. The molecular weight excluding hydrogens is 396 g/mol. The molecule has 2 amide bonds. The number of piperazine rings is 1. The zero-order valence-corrected chi connectivity index (χ0v) is 16.6. The van der Waals surface area contributed by atoms with Crippen LogP contribution in [0, 0.1) is 11.3 Å². The molecule has 0 saturated carbocycles. The second-order valence-corrected chi connectivity index (χ2v) is 8.42. The van der Waals surface area contributed by atoms with Gasteiger partial charge in [-0.25, -0.2) is 8.42 Å². The van der Waals surface area contributed by atoms with Crippen LogP contribution in [0.25, 0.3) is 0 Å². The number of nitrogens with zero attached hydrogens (tertiary/aromatic N) is 3. The summed E-state index contributed by atoms with van der Waals surface area (Å²) in [5.74, 6) is -0.693. The average molecular weight is 416 g/mol. The number of nitriles is 1. The van der Waals surface area contributed by atoms with E-state index in [1.54, 1.807) is 25.1 Å². The Morgan fingerprint density at radius 1 is 1.14 bits per heavy atom. The SMILES string of the molecule is C[C@H](NC(=O)c1ccco1)C(=O)N1CCN(S(=O)(=O)c2ccccc2C#N)CC1. The topological polar surface area (TPSA) is 124 Å². The van der Waals surface area contributed by atoms with Crippen molar-refractivity contribution in [1.82, 2.24) is 14.5 Å². The molecule has 0 aliphatic carbocycles. The summed E-state index contributed by atoms with van der Waals surface area (Å²) in [6, 6.07) is 10.2. The number of nitrogens with one attached hydrogen (secondary N) is 1. The molecule has 1 fully saturated rings. The number of hydrogen-bond acceptors (Lipinski definition) is 6. The molecular formula is C19H20N4O5S. The summed E-state index contributed by atoms with van der Waals surface area (Å²) in [5.41, 5.74) is 0.0836. The predicted molar refractivity (Wildman–Crippen MR) is 102 cm³/mol. The Kier molecular flexibility index (Phi) is 6.00. The van der Waals surface area contributed by atoms with E-state index in [4.69, 9.17) is 9.68 Å². The molecule has 1 N–H and O–H groups in total. The second-order valence-electron chi connectivity index (χ2n) is 6.51. The quantitative estimate of drug-likeness (QED) is 0.769. The molecule has 1 aromatic carbocycles. The summed E-state index contributed by atoms with van der Waals surface area (Å²) in [7, 11) is -3.83. The van der Waals surface area contributed by atoms with Gasteiger partial charge in [-0.3, -0.25) is 9.59 Å². The van der Waals surface area contributed by atoms with Crippen molar-refractivity contribution >= 4 is 21.8 Å². The molecule has 29 heavy (non-hydrogen) atoms. The lowest BCUT2D eigenvalue weighted by Gasteiger charge is -2.35. The monoisotopic (exact) mass is 416 g/mol. The van der Waals surface area contributed by atoms with E-state index in [0.29, 0.717) is 0 Å². The van der Waals surface area contributed by atoms with E-state index in [1.807, 2.05) is 6.07 Å². The van der Waals surface area contributed by atoms with E-state index in [0.717, 1.165) is 0 Å². The maximum Gasteiger partial charge on any atom is 0.287 e. The van der Waals surface area contributed by atoms with Gasteiger partial charge in [-0.2, -0.15) is 9.57 Å². The van der Waals surface area contributed by atoms with Crippen LogP contribution in [0.3, 0.4) is 0 Å². The molecule has 0 unspecified atom stereocenters. The number of rotatable bonds is 5. The minimum Gasteiger partial charge on any atom is -0.459 e. The Morgan fingerprint density at radius 3 is 2.45 bits per heavy atom.